The van der Waals surface area contributed by atoms with Gasteiger partial charge in [-0.1, -0.05) is 13.3 Å². The number of hydrogen-bond acceptors (Lipinski definition) is 6. The van der Waals surface area contributed by atoms with E-state index in [1.165, 1.54) is 18.5 Å². The van der Waals surface area contributed by atoms with E-state index >= 15 is 0 Å². The number of benzene rings is 2. The molecule has 6 nitrogen and oxygen atoms in total. The molecular formula is C24H32N4O2. The molecule has 0 radical (unpaired) electrons. The van der Waals surface area contributed by atoms with Gasteiger partial charge in [0, 0.05) is 29.9 Å². The highest BCUT2D eigenvalue weighted by atomic mass is 16.5. The predicted molar refractivity (Wildman–Crippen MR) is 122 cm³/mol. The van der Waals surface area contributed by atoms with Gasteiger partial charge in [-0.05, 0) is 81.9 Å². The maximum absolute atomic E-state index is 5.88. The fourth-order valence-electron chi connectivity index (χ4n) is 3.27. The number of unbranched alkanes of at least 4 members (excludes halogenated alkanes) is 1. The summed E-state index contributed by atoms with van der Waals surface area (Å²) < 4.78 is 11.6. The van der Waals surface area contributed by atoms with Crippen molar-refractivity contribution in [3.05, 3.63) is 48.5 Å². The predicted octanol–water partition coefficient (Wildman–Crippen LogP) is 5.02. The van der Waals surface area contributed by atoms with Crippen LogP contribution in [0.2, 0.25) is 0 Å². The highest BCUT2D eigenvalue weighted by molar-refractivity contribution is 5.61. The second-order valence-corrected chi connectivity index (χ2v) is 7.38. The number of aromatic nitrogens is 2. The Morgan fingerprint density at radius 2 is 1.43 bits per heavy atom. The summed E-state index contributed by atoms with van der Waals surface area (Å²) in [5.74, 6) is 1.93. The van der Waals surface area contributed by atoms with Crippen molar-refractivity contribution < 1.29 is 9.15 Å². The van der Waals surface area contributed by atoms with E-state index in [0.29, 0.717) is 11.8 Å². The van der Waals surface area contributed by atoms with E-state index in [4.69, 9.17) is 9.15 Å². The average molecular weight is 409 g/mol. The maximum atomic E-state index is 5.88. The zero-order valence-electron chi connectivity index (χ0n) is 18.2. The molecule has 2 heterocycles. The maximum Gasteiger partial charge on any atom is 0.248 e. The minimum Gasteiger partial charge on any atom is -0.494 e. The fourth-order valence-corrected chi connectivity index (χ4v) is 3.27. The number of nitrogens with one attached hydrogen (secondary N) is 1. The number of hydrogen-bond donors (Lipinski definition) is 1. The molecule has 2 aromatic carbocycles. The van der Waals surface area contributed by atoms with Gasteiger partial charge < -0.3 is 19.4 Å². The summed E-state index contributed by atoms with van der Waals surface area (Å²) in [6.07, 6.45) is 4.74. The molecule has 1 aliphatic heterocycles. The van der Waals surface area contributed by atoms with E-state index in [1.807, 2.05) is 38.4 Å². The van der Waals surface area contributed by atoms with E-state index in [2.05, 4.69) is 51.6 Å². The molecule has 0 amide bonds. The van der Waals surface area contributed by atoms with Gasteiger partial charge in [0.15, 0.2) is 0 Å². The van der Waals surface area contributed by atoms with Crippen molar-refractivity contribution >= 4 is 5.69 Å². The molecule has 0 spiro atoms. The minimum atomic E-state index is 0.522. The summed E-state index contributed by atoms with van der Waals surface area (Å²) in [7, 11) is 3.75. The summed E-state index contributed by atoms with van der Waals surface area (Å²) in [6, 6.07) is 16.2. The first-order valence-electron chi connectivity index (χ1n) is 10.8. The molecule has 4 rings (SSSR count). The monoisotopic (exact) mass is 408 g/mol. The summed E-state index contributed by atoms with van der Waals surface area (Å²) in [6.45, 7) is 5.18. The summed E-state index contributed by atoms with van der Waals surface area (Å²) in [5, 5.41) is 11.2. The third kappa shape index (κ3) is 5.83. The molecule has 160 valence electrons. The molecule has 6 heteroatoms. The quantitative estimate of drug-likeness (QED) is 0.554. The van der Waals surface area contributed by atoms with Gasteiger partial charge >= 0.3 is 0 Å². The van der Waals surface area contributed by atoms with Crippen LogP contribution in [-0.4, -0.2) is 44.0 Å². The van der Waals surface area contributed by atoms with E-state index in [9.17, 15) is 0 Å². The van der Waals surface area contributed by atoms with Crippen molar-refractivity contribution in [3.63, 3.8) is 0 Å². The van der Waals surface area contributed by atoms with E-state index in [0.717, 1.165) is 49.4 Å². The van der Waals surface area contributed by atoms with Crippen molar-refractivity contribution in [2.45, 2.75) is 32.6 Å². The van der Waals surface area contributed by atoms with E-state index in [-0.39, 0.29) is 0 Å². The zero-order chi connectivity index (χ0) is 21.2. The molecular weight excluding hydrogens is 376 g/mol. The number of anilines is 1. The Morgan fingerprint density at radius 1 is 0.900 bits per heavy atom. The lowest BCUT2D eigenvalue weighted by atomic mass is 10.2. The molecule has 1 saturated heterocycles. The van der Waals surface area contributed by atoms with Gasteiger partial charge in [-0.15, -0.1) is 10.2 Å². The van der Waals surface area contributed by atoms with Crippen LogP contribution < -0.4 is 15.0 Å². The number of nitrogens with zero attached hydrogens (tertiary/aromatic N) is 3. The van der Waals surface area contributed by atoms with Crippen molar-refractivity contribution in [3.8, 4) is 28.7 Å². The molecule has 1 aromatic heterocycles. The lowest BCUT2D eigenvalue weighted by Gasteiger charge is -2.17. The molecule has 1 fully saturated rings. The van der Waals surface area contributed by atoms with E-state index in [1.54, 1.807) is 0 Å². The normalized spacial score (nSPS) is 13.1. The third-order valence-electron chi connectivity index (χ3n) is 4.88. The first-order valence-corrected chi connectivity index (χ1v) is 10.8. The van der Waals surface area contributed by atoms with E-state index < -0.39 is 0 Å². The SMILES string of the molecule is CCCCOc1ccc(-c2nnc(-c3ccc(N4CCCC4)cc3)o2)cc1.CNC. The van der Waals surface area contributed by atoms with Crippen LogP contribution in [0.5, 0.6) is 5.75 Å². The molecule has 1 aliphatic rings. The lowest BCUT2D eigenvalue weighted by Crippen LogP contribution is -2.17. The van der Waals surface area contributed by atoms with Gasteiger partial charge in [0.05, 0.1) is 6.61 Å². The largest absolute Gasteiger partial charge is 0.494 e. The van der Waals surface area contributed by atoms with Crippen molar-refractivity contribution in [1.29, 1.82) is 0 Å². The highest BCUT2D eigenvalue weighted by Gasteiger charge is 2.14. The standard InChI is InChI=1S/C22H25N3O2.C2H7N/c1-2-3-16-26-20-12-8-18(9-13-20)22-24-23-21(27-22)17-6-10-19(11-7-17)25-14-4-5-15-25;1-3-2/h6-13H,2-5,14-16H2,1H3;3H,1-2H3. The second kappa shape index (κ2) is 11.4. The molecule has 0 aliphatic carbocycles. The topological polar surface area (TPSA) is 63.4 Å². The molecule has 0 bridgehead atoms. The molecule has 0 saturated carbocycles. The van der Waals surface area contributed by atoms with Crippen LogP contribution in [0.15, 0.2) is 52.9 Å². The number of ether oxygens (including phenoxy) is 1. The van der Waals surface area contributed by atoms with Crippen molar-refractivity contribution in [2.24, 2.45) is 0 Å². The Balaban J connectivity index is 0.000000806. The molecule has 1 N–H and O–H groups in total. The first kappa shape index (κ1) is 21.8. The summed E-state index contributed by atoms with van der Waals surface area (Å²) >= 11 is 0. The summed E-state index contributed by atoms with van der Waals surface area (Å²) in [4.78, 5) is 2.41. The molecule has 0 atom stereocenters. The minimum absolute atomic E-state index is 0.522. The smallest absolute Gasteiger partial charge is 0.248 e. The second-order valence-electron chi connectivity index (χ2n) is 7.38. The Kier molecular flexibility index (Phi) is 8.27. The van der Waals surface area contributed by atoms with Crippen LogP contribution in [0, 0.1) is 0 Å². The van der Waals surface area contributed by atoms with Gasteiger partial charge in [0.25, 0.3) is 0 Å². The Labute approximate surface area is 179 Å². The molecule has 3 aromatic rings. The Morgan fingerprint density at radius 3 is 1.97 bits per heavy atom. The first-order chi connectivity index (χ1) is 14.7. The molecule has 30 heavy (non-hydrogen) atoms. The van der Waals surface area contributed by atoms with Crippen molar-refractivity contribution in [1.82, 2.24) is 15.5 Å². The Bertz CT molecular complexity index is 869. The fraction of sp³-hybridized carbons (Fsp3) is 0.417. The van der Waals surface area contributed by atoms with Gasteiger partial charge in [0.1, 0.15) is 5.75 Å². The van der Waals surface area contributed by atoms with Crippen LogP contribution in [-0.2, 0) is 0 Å². The van der Waals surface area contributed by atoms with Gasteiger partial charge in [-0.3, -0.25) is 0 Å². The molecule has 0 unspecified atom stereocenters. The highest BCUT2D eigenvalue weighted by Crippen LogP contribution is 2.28. The van der Waals surface area contributed by atoms with Crippen molar-refractivity contribution in [2.75, 3.05) is 38.7 Å². The Hall–Kier alpha value is -2.86. The summed E-state index contributed by atoms with van der Waals surface area (Å²) in [5.41, 5.74) is 3.09. The third-order valence-corrected chi connectivity index (χ3v) is 4.88. The van der Waals surface area contributed by atoms with Crippen LogP contribution in [0.3, 0.4) is 0 Å². The van der Waals surface area contributed by atoms with Gasteiger partial charge in [-0.2, -0.15) is 0 Å². The van der Waals surface area contributed by atoms with Gasteiger partial charge in [0.2, 0.25) is 11.8 Å². The van der Waals surface area contributed by atoms with Crippen LogP contribution >= 0.6 is 0 Å². The van der Waals surface area contributed by atoms with Crippen LogP contribution in [0.25, 0.3) is 22.9 Å². The average Bonchev–Trinajstić information content (AvgIpc) is 3.48. The van der Waals surface area contributed by atoms with Gasteiger partial charge in [-0.25, -0.2) is 0 Å². The zero-order valence-corrected chi connectivity index (χ0v) is 18.2. The van der Waals surface area contributed by atoms with Crippen LogP contribution in [0.4, 0.5) is 5.69 Å². The van der Waals surface area contributed by atoms with Crippen LogP contribution in [0.1, 0.15) is 32.6 Å². The lowest BCUT2D eigenvalue weighted by molar-refractivity contribution is 0.309. The number of rotatable bonds is 7.